The van der Waals surface area contributed by atoms with Crippen molar-refractivity contribution in [2.75, 3.05) is 43.9 Å². The number of hydrogen-bond donors (Lipinski definition) is 2. The van der Waals surface area contributed by atoms with Gasteiger partial charge in [0, 0.05) is 19.6 Å². The fourth-order valence-corrected chi connectivity index (χ4v) is 1.49. The molecule has 6 heteroatoms. The summed E-state index contributed by atoms with van der Waals surface area (Å²) in [6.07, 6.45) is 2.66. The Morgan fingerprint density at radius 2 is 2.06 bits per heavy atom. The van der Waals surface area contributed by atoms with Crippen LogP contribution in [0.5, 0.6) is 0 Å². The molecule has 102 valence electrons. The zero-order valence-corrected chi connectivity index (χ0v) is 12.1. The molecule has 0 unspecified atom stereocenters. The zero-order valence-electron chi connectivity index (χ0n) is 11.3. The normalized spacial score (nSPS) is 10.7. The summed E-state index contributed by atoms with van der Waals surface area (Å²) in [4.78, 5) is 10.7. The Morgan fingerprint density at radius 3 is 2.72 bits per heavy atom. The van der Waals surface area contributed by atoms with Crippen molar-refractivity contribution >= 4 is 23.4 Å². The van der Waals surface area contributed by atoms with E-state index in [0.717, 1.165) is 32.6 Å². The number of anilines is 2. The highest BCUT2D eigenvalue weighted by molar-refractivity contribution is 6.32. The Balaban J connectivity index is 2.52. The maximum atomic E-state index is 6.05. The third kappa shape index (κ3) is 5.06. The van der Waals surface area contributed by atoms with E-state index < -0.39 is 0 Å². The van der Waals surface area contributed by atoms with E-state index in [0.29, 0.717) is 16.8 Å². The summed E-state index contributed by atoms with van der Waals surface area (Å²) in [6.45, 7) is 7.89. The van der Waals surface area contributed by atoms with Gasteiger partial charge in [-0.25, -0.2) is 4.98 Å². The Hall–Kier alpha value is -1.07. The van der Waals surface area contributed by atoms with Gasteiger partial charge in [-0.05, 0) is 20.0 Å². The molecule has 0 aliphatic rings. The van der Waals surface area contributed by atoms with Crippen molar-refractivity contribution in [2.45, 2.75) is 20.3 Å². The first-order chi connectivity index (χ1) is 8.67. The van der Waals surface area contributed by atoms with Gasteiger partial charge in [0.2, 0.25) is 5.95 Å². The Labute approximate surface area is 114 Å². The Bertz CT molecular complexity index is 358. The lowest BCUT2D eigenvalue weighted by atomic mass is 10.5. The zero-order chi connectivity index (χ0) is 13.4. The van der Waals surface area contributed by atoms with Crippen molar-refractivity contribution in [1.82, 2.24) is 14.9 Å². The van der Waals surface area contributed by atoms with Crippen LogP contribution < -0.4 is 10.6 Å². The molecule has 1 rings (SSSR count). The maximum Gasteiger partial charge on any atom is 0.224 e. The molecule has 0 aliphatic heterocycles. The van der Waals surface area contributed by atoms with Gasteiger partial charge in [0.25, 0.3) is 0 Å². The molecular formula is C12H22ClN5. The van der Waals surface area contributed by atoms with Gasteiger partial charge in [-0.2, -0.15) is 4.98 Å². The average molecular weight is 272 g/mol. The van der Waals surface area contributed by atoms with Crippen LogP contribution in [0.2, 0.25) is 5.02 Å². The topological polar surface area (TPSA) is 53.1 Å². The van der Waals surface area contributed by atoms with Crippen LogP contribution in [0.3, 0.4) is 0 Å². The van der Waals surface area contributed by atoms with E-state index in [1.807, 2.05) is 0 Å². The van der Waals surface area contributed by atoms with E-state index >= 15 is 0 Å². The molecule has 0 aromatic carbocycles. The highest BCUT2D eigenvalue weighted by atomic mass is 35.5. The molecule has 0 fully saturated rings. The lowest BCUT2D eigenvalue weighted by Crippen LogP contribution is -2.25. The van der Waals surface area contributed by atoms with E-state index in [2.05, 4.69) is 46.4 Å². The smallest absolute Gasteiger partial charge is 0.224 e. The van der Waals surface area contributed by atoms with Crippen molar-refractivity contribution in [3.8, 4) is 0 Å². The van der Waals surface area contributed by atoms with Gasteiger partial charge >= 0.3 is 0 Å². The molecule has 1 aromatic heterocycles. The van der Waals surface area contributed by atoms with Crippen LogP contribution in [0.25, 0.3) is 0 Å². The maximum absolute atomic E-state index is 6.05. The second-order valence-corrected chi connectivity index (χ2v) is 4.55. The SMILES string of the molecule is CCCNc1ncc(Cl)c(NCCN(C)CC)n1. The molecule has 0 atom stereocenters. The average Bonchev–Trinajstić information content (AvgIpc) is 2.39. The van der Waals surface area contributed by atoms with Crippen LogP contribution in [0.15, 0.2) is 6.20 Å². The van der Waals surface area contributed by atoms with E-state index in [1.165, 1.54) is 0 Å². The minimum absolute atomic E-state index is 0.552. The predicted molar refractivity (Wildman–Crippen MR) is 77.5 cm³/mol. The minimum atomic E-state index is 0.552. The summed E-state index contributed by atoms with van der Waals surface area (Å²) in [5, 5.41) is 6.92. The Kier molecular flexibility index (Phi) is 6.75. The van der Waals surface area contributed by atoms with E-state index in [4.69, 9.17) is 11.6 Å². The first-order valence-electron chi connectivity index (χ1n) is 6.36. The summed E-state index contributed by atoms with van der Waals surface area (Å²) in [6, 6.07) is 0. The quantitative estimate of drug-likeness (QED) is 0.760. The Morgan fingerprint density at radius 1 is 1.28 bits per heavy atom. The van der Waals surface area contributed by atoms with Crippen LogP contribution in [-0.2, 0) is 0 Å². The molecule has 0 saturated carbocycles. The van der Waals surface area contributed by atoms with Gasteiger partial charge in [0.15, 0.2) is 5.82 Å². The van der Waals surface area contributed by atoms with Gasteiger partial charge in [-0.3, -0.25) is 0 Å². The molecule has 5 nitrogen and oxygen atoms in total. The minimum Gasteiger partial charge on any atom is -0.367 e. The fourth-order valence-electron chi connectivity index (χ4n) is 1.34. The standard InChI is InChI=1S/C12H22ClN5/c1-4-6-15-12-16-9-10(13)11(17-12)14-7-8-18(3)5-2/h9H,4-8H2,1-3H3,(H2,14,15,16,17). The number of nitrogens with zero attached hydrogens (tertiary/aromatic N) is 3. The molecular weight excluding hydrogens is 250 g/mol. The van der Waals surface area contributed by atoms with Crippen LogP contribution >= 0.6 is 11.6 Å². The van der Waals surface area contributed by atoms with Gasteiger partial charge in [-0.1, -0.05) is 25.4 Å². The van der Waals surface area contributed by atoms with Crippen LogP contribution in [0, 0.1) is 0 Å². The number of nitrogens with one attached hydrogen (secondary N) is 2. The number of rotatable bonds is 8. The third-order valence-corrected chi connectivity index (χ3v) is 2.88. The lowest BCUT2D eigenvalue weighted by molar-refractivity contribution is 0.367. The second-order valence-electron chi connectivity index (χ2n) is 4.14. The third-order valence-electron chi connectivity index (χ3n) is 2.60. The molecule has 0 bridgehead atoms. The molecule has 0 amide bonds. The van der Waals surface area contributed by atoms with E-state index in [-0.39, 0.29) is 0 Å². The van der Waals surface area contributed by atoms with E-state index in [1.54, 1.807) is 6.20 Å². The molecule has 0 saturated heterocycles. The predicted octanol–water partition coefficient (Wildman–Crippen LogP) is 2.32. The molecule has 0 aliphatic carbocycles. The summed E-state index contributed by atoms with van der Waals surface area (Å²) in [5.74, 6) is 1.31. The molecule has 0 spiro atoms. The van der Waals surface area contributed by atoms with Gasteiger partial charge in [0.05, 0.1) is 6.20 Å². The first-order valence-corrected chi connectivity index (χ1v) is 6.74. The van der Waals surface area contributed by atoms with Crippen molar-refractivity contribution in [1.29, 1.82) is 0 Å². The summed E-state index contributed by atoms with van der Waals surface area (Å²) >= 11 is 6.05. The van der Waals surface area contributed by atoms with Crippen molar-refractivity contribution < 1.29 is 0 Å². The summed E-state index contributed by atoms with van der Waals surface area (Å²) in [5.41, 5.74) is 0. The first kappa shape index (κ1) is 15.0. The fraction of sp³-hybridized carbons (Fsp3) is 0.667. The van der Waals surface area contributed by atoms with Crippen LogP contribution in [0.1, 0.15) is 20.3 Å². The number of aromatic nitrogens is 2. The van der Waals surface area contributed by atoms with Crippen LogP contribution in [-0.4, -0.2) is 48.1 Å². The number of hydrogen-bond acceptors (Lipinski definition) is 5. The monoisotopic (exact) mass is 271 g/mol. The molecule has 1 aromatic rings. The largest absolute Gasteiger partial charge is 0.367 e. The highest BCUT2D eigenvalue weighted by Crippen LogP contribution is 2.18. The van der Waals surface area contributed by atoms with E-state index in [9.17, 15) is 0 Å². The van der Waals surface area contributed by atoms with Crippen molar-refractivity contribution in [3.63, 3.8) is 0 Å². The highest BCUT2D eigenvalue weighted by Gasteiger charge is 2.04. The molecule has 2 N–H and O–H groups in total. The molecule has 1 heterocycles. The molecule has 0 radical (unpaired) electrons. The second kappa shape index (κ2) is 8.11. The van der Waals surface area contributed by atoms with Crippen molar-refractivity contribution in [2.24, 2.45) is 0 Å². The number of halogens is 1. The van der Waals surface area contributed by atoms with Gasteiger partial charge in [0.1, 0.15) is 5.02 Å². The lowest BCUT2D eigenvalue weighted by Gasteiger charge is -2.15. The molecule has 18 heavy (non-hydrogen) atoms. The summed E-state index contributed by atoms with van der Waals surface area (Å²) < 4.78 is 0. The van der Waals surface area contributed by atoms with Gasteiger partial charge < -0.3 is 15.5 Å². The van der Waals surface area contributed by atoms with Crippen molar-refractivity contribution in [3.05, 3.63) is 11.2 Å². The number of likely N-dealkylation sites (N-methyl/N-ethyl adjacent to an activating group) is 1. The van der Waals surface area contributed by atoms with Crippen LogP contribution in [0.4, 0.5) is 11.8 Å². The van der Waals surface area contributed by atoms with Gasteiger partial charge in [-0.15, -0.1) is 0 Å². The summed E-state index contributed by atoms with van der Waals surface area (Å²) in [7, 11) is 2.08.